The van der Waals surface area contributed by atoms with Crippen LogP contribution in [0.25, 0.3) is 0 Å². The van der Waals surface area contributed by atoms with Crippen LogP contribution in [0.15, 0.2) is 18.2 Å². The number of benzene rings is 1. The molecule has 1 fully saturated rings. The highest BCUT2D eigenvalue weighted by atomic mass is 19.4. The molecule has 6 heteroatoms. The second-order valence-electron chi connectivity index (χ2n) is 5.00. The van der Waals surface area contributed by atoms with Gasteiger partial charge in [-0.3, -0.25) is 0 Å². The van der Waals surface area contributed by atoms with E-state index >= 15 is 0 Å². The van der Waals surface area contributed by atoms with Crippen molar-refractivity contribution in [1.29, 1.82) is 0 Å². The second kappa shape index (κ2) is 5.99. The number of rotatable bonds is 6. The second-order valence-corrected chi connectivity index (χ2v) is 5.00. The monoisotopic (exact) mass is 290 g/mol. The van der Waals surface area contributed by atoms with Crippen molar-refractivity contribution in [1.82, 2.24) is 5.32 Å². The molecular weight excluding hydrogens is 272 g/mol. The van der Waals surface area contributed by atoms with E-state index in [1.54, 1.807) is 6.07 Å². The van der Waals surface area contributed by atoms with Crippen LogP contribution in [-0.4, -0.2) is 25.3 Å². The summed E-state index contributed by atoms with van der Waals surface area (Å²) in [5, 5.41) is 3.03. The fourth-order valence-corrected chi connectivity index (χ4v) is 2.25. The zero-order valence-electron chi connectivity index (χ0n) is 11.3. The fraction of sp³-hybridized carbons (Fsp3) is 0.571. The Balaban J connectivity index is 2.31. The standard InChI is InChI=1S/C14H18F4N2/c1-2-19-8-10-4-3-5-12(15)13(10)20(11-6-7-11)9-14(16,17)18/h3-5,11,19H,2,6-9H2,1H3. The van der Waals surface area contributed by atoms with Crippen LogP contribution in [0.4, 0.5) is 23.2 Å². The van der Waals surface area contributed by atoms with Crippen LogP contribution in [-0.2, 0) is 6.54 Å². The third-order valence-corrected chi connectivity index (χ3v) is 3.26. The van der Waals surface area contributed by atoms with E-state index in [2.05, 4.69) is 5.32 Å². The Kier molecular flexibility index (Phi) is 4.52. The van der Waals surface area contributed by atoms with E-state index in [9.17, 15) is 17.6 Å². The molecule has 0 aromatic heterocycles. The lowest BCUT2D eigenvalue weighted by Crippen LogP contribution is -2.37. The van der Waals surface area contributed by atoms with E-state index < -0.39 is 18.5 Å². The molecule has 0 radical (unpaired) electrons. The molecule has 112 valence electrons. The van der Waals surface area contributed by atoms with Crippen LogP contribution in [0.2, 0.25) is 0 Å². The molecule has 0 spiro atoms. The number of para-hydroxylation sites is 1. The summed E-state index contributed by atoms with van der Waals surface area (Å²) < 4.78 is 52.2. The van der Waals surface area contributed by atoms with Crippen molar-refractivity contribution in [2.24, 2.45) is 0 Å². The molecule has 2 nitrogen and oxygen atoms in total. The van der Waals surface area contributed by atoms with E-state index in [4.69, 9.17) is 0 Å². The molecule has 0 heterocycles. The van der Waals surface area contributed by atoms with Gasteiger partial charge in [0.05, 0.1) is 5.69 Å². The van der Waals surface area contributed by atoms with Gasteiger partial charge in [0.15, 0.2) is 0 Å². The lowest BCUT2D eigenvalue weighted by Gasteiger charge is -2.28. The van der Waals surface area contributed by atoms with Crippen molar-refractivity contribution in [3.63, 3.8) is 0 Å². The van der Waals surface area contributed by atoms with Crippen molar-refractivity contribution in [3.8, 4) is 0 Å². The van der Waals surface area contributed by atoms with Gasteiger partial charge < -0.3 is 10.2 Å². The maximum Gasteiger partial charge on any atom is 0.405 e. The molecule has 1 aromatic carbocycles. The third-order valence-electron chi connectivity index (χ3n) is 3.26. The predicted molar refractivity (Wildman–Crippen MR) is 70.2 cm³/mol. The van der Waals surface area contributed by atoms with E-state index in [1.807, 2.05) is 6.92 Å². The summed E-state index contributed by atoms with van der Waals surface area (Å²) in [6.07, 6.45) is -2.96. The highest BCUT2D eigenvalue weighted by molar-refractivity contribution is 5.56. The Morgan fingerprint density at radius 2 is 2.00 bits per heavy atom. The molecule has 0 aliphatic heterocycles. The predicted octanol–water partition coefficient (Wildman–Crippen LogP) is 3.47. The summed E-state index contributed by atoms with van der Waals surface area (Å²) in [5.74, 6) is -0.587. The largest absolute Gasteiger partial charge is 0.405 e. The number of halogens is 4. The first-order chi connectivity index (χ1) is 9.42. The summed E-state index contributed by atoms with van der Waals surface area (Å²) >= 11 is 0. The van der Waals surface area contributed by atoms with Crippen LogP contribution in [0.1, 0.15) is 25.3 Å². The first kappa shape index (κ1) is 15.1. The van der Waals surface area contributed by atoms with E-state index in [0.717, 1.165) is 0 Å². The minimum absolute atomic E-state index is 0.0910. The third kappa shape index (κ3) is 3.85. The molecule has 0 saturated heterocycles. The maximum absolute atomic E-state index is 14.1. The van der Waals surface area contributed by atoms with Gasteiger partial charge in [0, 0.05) is 12.6 Å². The van der Waals surface area contributed by atoms with Crippen LogP contribution in [0.5, 0.6) is 0 Å². The van der Waals surface area contributed by atoms with Gasteiger partial charge in [0.25, 0.3) is 0 Å². The van der Waals surface area contributed by atoms with Gasteiger partial charge in [-0.2, -0.15) is 13.2 Å². The molecular formula is C14H18F4N2. The van der Waals surface area contributed by atoms with Gasteiger partial charge in [-0.25, -0.2) is 4.39 Å². The molecule has 1 saturated carbocycles. The molecule has 0 unspecified atom stereocenters. The molecule has 20 heavy (non-hydrogen) atoms. The lowest BCUT2D eigenvalue weighted by molar-refractivity contribution is -0.120. The first-order valence-electron chi connectivity index (χ1n) is 6.74. The van der Waals surface area contributed by atoms with Crippen LogP contribution < -0.4 is 10.2 Å². The molecule has 0 atom stereocenters. The molecule has 1 aliphatic rings. The first-order valence-corrected chi connectivity index (χ1v) is 6.74. The van der Waals surface area contributed by atoms with Gasteiger partial charge in [0.1, 0.15) is 12.4 Å². The Morgan fingerprint density at radius 1 is 1.30 bits per heavy atom. The number of nitrogens with one attached hydrogen (secondary N) is 1. The SMILES string of the molecule is CCNCc1cccc(F)c1N(CC(F)(F)F)C1CC1. The number of alkyl halides is 3. The quantitative estimate of drug-likeness (QED) is 0.807. The van der Waals surface area contributed by atoms with Gasteiger partial charge >= 0.3 is 6.18 Å². The van der Waals surface area contributed by atoms with Crippen molar-refractivity contribution in [3.05, 3.63) is 29.6 Å². The summed E-state index contributed by atoms with van der Waals surface area (Å²) in [5.41, 5.74) is 0.663. The number of hydrogen-bond donors (Lipinski definition) is 1. The van der Waals surface area contributed by atoms with Crippen LogP contribution in [0, 0.1) is 5.82 Å². The highest BCUT2D eigenvalue weighted by Gasteiger charge is 2.39. The van der Waals surface area contributed by atoms with Gasteiger partial charge in [-0.15, -0.1) is 0 Å². The molecule has 2 rings (SSSR count). The summed E-state index contributed by atoms with van der Waals surface area (Å²) in [6.45, 7) is 1.84. The zero-order chi connectivity index (χ0) is 14.8. The summed E-state index contributed by atoms with van der Waals surface area (Å²) in [7, 11) is 0. The number of hydrogen-bond acceptors (Lipinski definition) is 2. The Labute approximate surface area is 115 Å². The highest BCUT2D eigenvalue weighted by Crippen LogP contribution is 2.37. The van der Waals surface area contributed by atoms with Crippen molar-refractivity contribution in [2.45, 2.75) is 38.5 Å². The average molecular weight is 290 g/mol. The fourth-order valence-electron chi connectivity index (χ4n) is 2.25. The number of nitrogens with zero attached hydrogens (tertiary/aromatic N) is 1. The normalized spacial score (nSPS) is 15.4. The molecule has 1 N–H and O–H groups in total. The molecule has 1 aromatic rings. The maximum atomic E-state index is 14.1. The Morgan fingerprint density at radius 3 is 2.55 bits per heavy atom. The minimum atomic E-state index is -4.33. The van der Waals surface area contributed by atoms with Gasteiger partial charge in [-0.1, -0.05) is 19.1 Å². The molecule has 1 aliphatic carbocycles. The smallest absolute Gasteiger partial charge is 0.357 e. The summed E-state index contributed by atoms with van der Waals surface area (Å²) in [6, 6.07) is 4.22. The number of anilines is 1. The van der Waals surface area contributed by atoms with Crippen LogP contribution >= 0.6 is 0 Å². The van der Waals surface area contributed by atoms with Crippen molar-refractivity contribution in [2.75, 3.05) is 18.0 Å². The van der Waals surface area contributed by atoms with Gasteiger partial charge in [-0.05, 0) is 31.0 Å². The lowest BCUT2D eigenvalue weighted by atomic mass is 10.1. The molecule has 0 bridgehead atoms. The van der Waals surface area contributed by atoms with Crippen LogP contribution in [0.3, 0.4) is 0 Å². The van der Waals surface area contributed by atoms with E-state index in [-0.39, 0.29) is 11.7 Å². The van der Waals surface area contributed by atoms with Crippen molar-refractivity contribution < 1.29 is 17.6 Å². The Bertz CT molecular complexity index is 455. The summed E-state index contributed by atoms with van der Waals surface area (Å²) in [4.78, 5) is 1.17. The van der Waals surface area contributed by atoms with Crippen molar-refractivity contribution >= 4 is 5.69 Å². The minimum Gasteiger partial charge on any atom is -0.357 e. The zero-order valence-corrected chi connectivity index (χ0v) is 11.3. The van der Waals surface area contributed by atoms with E-state index in [0.29, 0.717) is 31.5 Å². The van der Waals surface area contributed by atoms with E-state index in [1.165, 1.54) is 17.0 Å². The molecule has 0 amide bonds. The average Bonchev–Trinajstić information content (AvgIpc) is 3.17. The Hall–Kier alpha value is -1.30. The topological polar surface area (TPSA) is 15.3 Å². The van der Waals surface area contributed by atoms with Gasteiger partial charge in [0.2, 0.25) is 0 Å².